The van der Waals surface area contributed by atoms with Crippen LogP contribution in [0.15, 0.2) is 41.6 Å². The first-order valence-corrected chi connectivity index (χ1v) is 7.57. The number of hydrogen-bond acceptors (Lipinski definition) is 6. The molecule has 0 unspecified atom stereocenters. The lowest BCUT2D eigenvalue weighted by atomic mass is 10.4. The quantitative estimate of drug-likeness (QED) is 0.817. The van der Waals surface area contributed by atoms with Crippen LogP contribution in [-0.2, 0) is 16.6 Å². The molecular formula is C12H15N5O2S. The van der Waals surface area contributed by atoms with Crippen molar-refractivity contribution in [3.8, 4) is 0 Å². The zero-order chi connectivity index (χ0) is 14.4. The van der Waals surface area contributed by atoms with E-state index in [9.17, 15) is 8.42 Å². The van der Waals surface area contributed by atoms with Crippen LogP contribution in [0, 0.1) is 0 Å². The maximum atomic E-state index is 12.3. The van der Waals surface area contributed by atoms with Crippen molar-refractivity contribution in [2.45, 2.75) is 18.4 Å². The standard InChI is InChI=1S/C12H15N5O2S/c1-2-13-12-11(6-4-7-14-12)20(18,19)16-9-10-5-3-8-15-17-10/h3-8,16H,2,9H2,1H3,(H,13,14). The van der Waals surface area contributed by atoms with E-state index in [0.29, 0.717) is 18.1 Å². The molecule has 2 aromatic heterocycles. The number of pyridine rings is 1. The van der Waals surface area contributed by atoms with E-state index in [2.05, 4.69) is 25.2 Å². The molecule has 20 heavy (non-hydrogen) atoms. The van der Waals surface area contributed by atoms with Gasteiger partial charge in [-0.25, -0.2) is 18.1 Å². The third kappa shape index (κ3) is 3.49. The average molecular weight is 293 g/mol. The molecule has 0 saturated heterocycles. The highest BCUT2D eigenvalue weighted by atomic mass is 32.2. The molecule has 0 aliphatic heterocycles. The van der Waals surface area contributed by atoms with Crippen LogP contribution in [0.25, 0.3) is 0 Å². The van der Waals surface area contributed by atoms with Crippen molar-refractivity contribution in [1.82, 2.24) is 19.9 Å². The Morgan fingerprint density at radius 3 is 2.70 bits per heavy atom. The second kappa shape index (κ2) is 6.40. The highest BCUT2D eigenvalue weighted by Gasteiger charge is 2.18. The fraction of sp³-hybridized carbons (Fsp3) is 0.250. The van der Waals surface area contributed by atoms with Crippen LogP contribution in [0.5, 0.6) is 0 Å². The van der Waals surface area contributed by atoms with Crippen LogP contribution in [0.1, 0.15) is 12.6 Å². The average Bonchev–Trinajstić information content (AvgIpc) is 2.47. The van der Waals surface area contributed by atoms with Crippen molar-refractivity contribution in [3.05, 3.63) is 42.4 Å². The van der Waals surface area contributed by atoms with Gasteiger partial charge in [-0.1, -0.05) is 0 Å². The first-order valence-electron chi connectivity index (χ1n) is 6.08. The maximum absolute atomic E-state index is 12.3. The molecule has 0 saturated carbocycles. The van der Waals surface area contributed by atoms with Gasteiger partial charge in [-0.2, -0.15) is 10.2 Å². The molecule has 2 N–H and O–H groups in total. The first-order chi connectivity index (χ1) is 9.63. The van der Waals surface area contributed by atoms with Crippen LogP contribution in [0.3, 0.4) is 0 Å². The van der Waals surface area contributed by atoms with Crippen molar-refractivity contribution in [2.24, 2.45) is 0 Å². The van der Waals surface area contributed by atoms with Gasteiger partial charge in [0.25, 0.3) is 0 Å². The molecule has 0 atom stereocenters. The number of nitrogens with one attached hydrogen (secondary N) is 2. The van der Waals surface area contributed by atoms with Crippen molar-refractivity contribution < 1.29 is 8.42 Å². The highest BCUT2D eigenvalue weighted by Crippen LogP contribution is 2.17. The van der Waals surface area contributed by atoms with Crippen LogP contribution in [-0.4, -0.2) is 30.1 Å². The van der Waals surface area contributed by atoms with Gasteiger partial charge in [0.05, 0.1) is 12.2 Å². The van der Waals surface area contributed by atoms with Gasteiger partial charge in [0.1, 0.15) is 10.7 Å². The van der Waals surface area contributed by atoms with E-state index < -0.39 is 10.0 Å². The predicted molar refractivity (Wildman–Crippen MR) is 74.5 cm³/mol. The maximum Gasteiger partial charge on any atom is 0.244 e. The summed E-state index contributed by atoms with van der Waals surface area (Å²) in [6.45, 7) is 2.54. The van der Waals surface area contributed by atoms with E-state index in [1.807, 2.05) is 6.92 Å². The monoisotopic (exact) mass is 293 g/mol. The Morgan fingerprint density at radius 1 is 1.20 bits per heavy atom. The van der Waals surface area contributed by atoms with Gasteiger partial charge in [-0.3, -0.25) is 0 Å². The van der Waals surface area contributed by atoms with E-state index in [1.165, 1.54) is 12.3 Å². The minimum absolute atomic E-state index is 0.0800. The molecule has 2 rings (SSSR count). The van der Waals surface area contributed by atoms with Crippen molar-refractivity contribution in [1.29, 1.82) is 0 Å². The summed E-state index contributed by atoms with van der Waals surface area (Å²) in [5.74, 6) is 0.335. The molecule has 7 nitrogen and oxygen atoms in total. The predicted octanol–water partition coefficient (Wildman–Crippen LogP) is 0.782. The molecule has 0 amide bonds. The Balaban J connectivity index is 2.18. The van der Waals surface area contributed by atoms with Gasteiger partial charge >= 0.3 is 0 Å². The van der Waals surface area contributed by atoms with Gasteiger partial charge in [-0.05, 0) is 31.2 Å². The smallest absolute Gasteiger partial charge is 0.244 e. The number of sulfonamides is 1. The third-order valence-corrected chi connectivity index (χ3v) is 3.91. The molecule has 2 heterocycles. The lowest BCUT2D eigenvalue weighted by molar-refractivity contribution is 0.580. The number of nitrogens with zero attached hydrogens (tertiary/aromatic N) is 3. The minimum Gasteiger partial charge on any atom is -0.369 e. The Morgan fingerprint density at radius 2 is 2.00 bits per heavy atom. The SMILES string of the molecule is CCNc1ncccc1S(=O)(=O)NCc1cccnn1. The van der Waals surface area contributed by atoms with Gasteiger partial charge in [-0.15, -0.1) is 0 Å². The topological polar surface area (TPSA) is 96.9 Å². The molecule has 0 aliphatic carbocycles. The summed E-state index contributed by atoms with van der Waals surface area (Å²) in [7, 11) is -3.65. The number of aromatic nitrogens is 3. The molecule has 0 spiro atoms. The van der Waals surface area contributed by atoms with E-state index >= 15 is 0 Å². The number of rotatable bonds is 6. The fourth-order valence-electron chi connectivity index (χ4n) is 1.58. The van der Waals surface area contributed by atoms with E-state index in [0.717, 1.165) is 0 Å². The normalized spacial score (nSPS) is 11.2. The molecule has 0 aliphatic rings. The van der Waals surface area contributed by atoms with Crippen LogP contribution in [0.2, 0.25) is 0 Å². The Hall–Kier alpha value is -2.06. The van der Waals surface area contributed by atoms with Gasteiger partial charge < -0.3 is 5.32 Å². The van der Waals surface area contributed by atoms with Crippen molar-refractivity contribution in [2.75, 3.05) is 11.9 Å². The summed E-state index contributed by atoms with van der Waals surface area (Å²) < 4.78 is 27.0. The largest absolute Gasteiger partial charge is 0.369 e. The molecule has 0 bridgehead atoms. The summed E-state index contributed by atoms with van der Waals surface area (Å²) >= 11 is 0. The van der Waals surface area contributed by atoms with E-state index in [-0.39, 0.29) is 11.4 Å². The Labute approximate surface area is 117 Å². The summed E-state index contributed by atoms with van der Waals surface area (Å²) in [5, 5.41) is 10.4. The lowest BCUT2D eigenvalue weighted by Crippen LogP contribution is -2.25. The number of hydrogen-bond donors (Lipinski definition) is 2. The molecule has 0 radical (unpaired) electrons. The van der Waals surface area contributed by atoms with Crippen molar-refractivity contribution >= 4 is 15.8 Å². The third-order valence-electron chi connectivity index (χ3n) is 2.48. The van der Waals surface area contributed by atoms with Crippen molar-refractivity contribution in [3.63, 3.8) is 0 Å². The second-order valence-corrected chi connectivity index (χ2v) is 5.66. The summed E-state index contributed by atoms with van der Waals surface area (Å²) in [5.41, 5.74) is 0.546. The Kier molecular flexibility index (Phi) is 4.59. The molecule has 2 aromatic rings. The highest BCUT2D eigenvalue weighted by molar-refractivity contribution is 7.89. The van der Waals surface area contributed by atoms with Crippen LogP contribution in [0.4, 0.5) is 5.82 Å². The summed E-state index contributed by atoms with van der Waals surface area (Å²) in [4.78, 5) is 4.15. The summed E-state index contributed by atoms with van der Waals surface area (Å²) in [6, 6.07) is 6.48. The minimum atomic E-state index is -3.65. The molecule has 8 heteroatoms. The Bertz CT molecular complexity index is 661. The molecule has 106 valence electrons. The van der Waals surface area contributed by atoms with Crippen LogP contribution >= 0.6 is 0 Å². The van der Waals surface area contributed by atoms with Gasteiger partial charge in [0, 0.05) is 18.9 Å². The van der Waals surface area contributed by atoms with E-state index in [4.69, 9.17) is 0 Å². The fourth-order valence-corrected chi connectivity index (χ4v) is 2.71. The number of anilines is 1. The molecule has 0 aromatic carbocycles. The van der Waals surface area contributed by atoms with Crippen LogP contribution < -0.4 is 10.0 Å². The zero-order valence-corrected chi connectivity index (χ0v) is 11.8. The van der Waals surface area contributed by atoms with Gasteiger partial charge in [0.15, 0.2) is 0 Å². The lowest BCUT2D eigenvalue weighted by Gasteiger charge is -2.10. The van der Waals surface area contributed by atoms with Gasteiger partial charge in [0.2, 0.25) is 10.0 Å². The van der Waals surface area contributed by atoms with E-state index in [1.54, 1.807) is 24.4 Å². The zero-order valence-electron chi connectivity index (χ0n) is 10.9. The molecular weight excluding hydrogens is 278 g/mol. The molecule has 0 fully saturated rings. The first kappa shape index (κ1) is 14.4. The summed E-state index contributed by atoms with van der Waals surface area (Å²) in [6.07, 6.45) is 3.07. The second-order valence-electron chi connectivity index (χ2n) is 3.92.